The minimum absolute atomic E-state index is 0.0185. The van der Waals surface area contributed by atoms with E-state index >= 15 is 0 Å². The summed E-state index contributed by atoms with van der Waals surface area (Å²) in [5.74, 6) is -0.328. The predicted molar refractivity (Wildman–Crippen MR) is 92.2 cm³/mol. The molecule has 0 radical (unpaired) electrons. The Labute approximate surface area is 137 Å². The Bertz CT molecular complexity index is 696. The third-order valence-electron chi connectivity index (χ3n) is 3.82. The zero-order valence-corrected chi connectivity index (χ0v) is 13.8. The molecule has 2 amide bonds. The van der Waals surface area contributed by atoms with Crippen LogP contribution in [0, 0.1) is 13.8 Å². The van der Waals surface area contributed by atoms with Gasteiger partial charge in [-0.15, -0.1) is 0 Å². The lowest BCUT2D eigenvalue weighted by atomic mass is 10.1. The van der Waals surface area contributed by atoms with Gasteiger partial charge in [0.15, 0.2) is 0 Å². The summed E-state index contributed by atoms with van der Waals surface area (Å²) in [5, 5.41) is 2.85. The van der Waals surface area contributed by atoms with Crippen molar-refractivity contribution >= 4 is 17.5 Å². The molecule has 0 heterocycles. The molecular formula is C19H22N2O2. The number of hydrogen-bond acceptors (Lipinski definition) is 2. The molecule has 1 N–H and O–H groups in total. The lowest BCUT2D eigenvalue weighted by Crippen LogP contribution is -2.39. The van der Waals surface area contributed by atoms with Crippen LogP contribution >= 0.6 is 0 Å². The molecule has 4 nitrogen and oxygen atoms in total. The number of nitrogens with zero attached hydrogens (tertiary/aromatic N) is 1. The molecule has 0 aliphatic carbocycles. The first-order valence-electron chi connectivity index (χ1n) is 7.63. The first kappa shape index (κ1) is 16.7. The second-order valence-electron chi connectivity index (χ2n) is 5.64. The molecule has 0 saturated heterocycles. The Morgan fingerprint density at radius 1 is 1.00 bits per heavy atom. The van der Waals surface area contributed by atoms with Gasteiger partial charge in [-0.25, -0.2) is 0 Å². The van der Waals surface area contributed by atoms with Gasteiger partial charge in [-0.05, 0) is 42.7 Å². The maximum Gasteiger partial charge on any atom is 0.240 e. The van der Waals surface area contributed by atoms with Crippen LogP contribution < -0.4 is 10.2 Å². The molecular weight excluding hydrogens is 288 g/mol. The number of anilines is 1. The molecule has 0 aromatic heterocycles. The van der Waals surface area contributed by atoms with Crippen LogP contribution in [0.4, 0.5) is 5.69 Å². The number of carbonyl (C=O) groups is 2. The molecule has 0 atom stereocenters. The van der Waals surface area contributed by atoms with Crippen molar-refractivity contribution in [2.75, 3.05) is 11.4 Å². The van der Waals surface area contributed by atoms with Gasteiger partial charge in [0.05, 0.1) is 0 Å². The average molecular weight is 310 g/mol. The molecule has 0 unspecified atom stereocenters. The van der Waals surface area contributed by atoms with E-state index in [2.05, 4.69) is 5.32 Å². The van der Waals surface area contributed by atoms with Gasteiger partial charge in [0.25, 0.3) is 0 Å². The van der Waals surface area contributed by atoms with E-state index in [0.29, 0.717) is 6.54 Å². The molecule has 4 heteroatoms. The molecule has 0 aliphatic heterocycles. The van der Waals surface area contributed by atoms with E-state index in [1.54, 1.807) is 0 Å². The average Bonchev–Trinajstić information content (AvgIpc) is 2.54. The van der Waals surface area contributed by atoms with Gasteiger partial charge < -0.3 is 10.2 Å². The Balaban J connectivity index is 2.02. The third kappa shape index (κ3) is 4.68. The Morgan fingerprint density at radius 3 is 2.30 bits per heavy atom. The number of amides is 2. The number of rotatable bonds is 5. The van der Waals surface area contributed by atoms with Crippen LogP contribution in [0.15, 0.2) is 48.5 Å². The molecule has 0 fully saturated rings. The normalized spacial score (nSPS) is 10.2. The molecule has 0 spiro atoms. The van der Waals surface area contributed by atoms with E-state index in [4.69, 9.17) is 0 Å². The summed E-state index contributed by atoms with van der Waals surface area (Å²) in [6.07, 6.45) is 0. The van der Waals surface area contributed by atoms with Crippen molar-refractivity contribution in [1.29, 1.82) is 0 Å². The molecule has 2 rings (SSSR count). The highest BCUT2D eigenvalue weighted by molar-refractivity contribution is 5.97. The summed E-state index contributed by atoms with van der Waals surface area (Å²) in [6, 6.07) is 15.5. The SMILES string of the molecule is CC(=O)N(CC(=O)NCc1ccccc1)c1ccc(C)c(C)c1. The van der Waals surface area contributed by atoms with Crippen LogP contribution in [0.5, 0.6) is 0 Å². The van der Waals surface area contributed by atoms with Crippen molar-refractivity contribution in [2.45, 2.75) is 27.3 Å². The van der Waals surface area contributed by atoms with Gasteiger partial charge in [-0.3, -0.25) is 9.59 Å². The van der Waals surface area contributed by atoms with Gasteiger partial charge in [-0.1, -0.05) is 36.4 Å². The van der Waals surface area contributed by atoms with E-state index in [1.807, 2.05) is 62.4 Å². The van der Waals surface area contributed by atoms with Crippen molar-refractivity contribution in [3.63, 3.8) is 0 Å². The quantitative estimate of drug-likeness (QED) is 0.923. The Hall–Kier alpha value is -2.62. The maximum absolute atomic E-state index is 12.2. The zero-order valence-electron chi connectivity index (χ0n) is 13.8. The highest BCUT2D eigenvalue weighted by Crippen LogP contribution is 2.18. The minimum atomic E-state index is -0.178. The predicted octanol–water partition coefficient (Wildman–Crippen LogP) is 2.97. The lowest BCUT2D eigenvalue weighted by Gasteiger charge is -2.21. The van der Waals surface area contributed by atoms with E-state index in [9.17, 15) is 9.59 Å². The van der Waals surface area contributed by atoms with Gasteiger partial charge in [0.1, 0.15) is 6.54 Å². The largest absolute Gasteiger partial charge is 0.350 e. The molecule has 2 aromatic carbocycles. The van der Waals surface area contributed by atoms with Crippen LogP contribution in [0.3, 0.4) is 0 Å². The topological polar surface area (TPSA) is 49.4 Å². The number of carbonyl (C=O) groups excluding carboxylic acids is 2. The van der Waals surface area contributed by atoms with E-state index in [0.717, 1.165) is 22.4 Å². The number of benzene rings is 2. The Kier molecular flexibility index (Phi) is 5.52. The van der Waals surface area contributed by atoms with Gasteiger partial charge in [-0.2, -0.15) is 0 Å². The number of nitrogens with one attached hydrogen (secondary N) is 1. The second-order valence-corrected chi connectivity index (χ2v) is 5.64. The molecule has 0 saturated carbocycles. The van der Waals surface area contributed by atoms with Crippen LogP contribution in [-0.2, 0) is 16.1 Å². The summed E-state index contributed by atoms with van der Waals surface area (Å²) < 4.78 is 0. The van der Waals surface area contributed by atoms with E-state index in [-0.39, 0.29) is 18.4 Å². The summed E-state index contributed by atoms with van der Waals surface area (Å²) in [7, 11) is 0. The minimum Gasteiger partial charge on any atom is -0.350 e. The fraction of sp³-hybridized carbons (Fsp3) is 0.263. The highest BCUT2D eigenvalue weighted by Gasteiger charge is 2.16. The summed E-state index contributed by atoms with van der Waals surface area (Å²) in [4.78, 5) is 25.5. The van der Waals surface area contributed by atoms with Crippen LogP contribution in [-0.4, -0.2) is 18.4 Å². The second kappa shape index (κ2) is 7.58. The molecule has 23 heavy (non-hydrogen) atoms. The maximum atomic E-state index is 12.2. The van der Waals surface area contributed by atoms with Gasteiger partial charge >= 0.3 is 0 Å². The standard InChI is InChI=1S/C19H22N2O2/c1-14-9-10-18(11-15(14)2)21(16(3)22)13-19(23)20-12-17-7-5-4-6-8-17/h4-11H,12-13H2,1-3H3,(H,20,23). The summed E-state index contributed by atoms with van der Waals surface area (Å²) in [5.41, 5.74) is 4.03. The molecule has 0 bridgehead atoms. The van der Waals surface area contributed by atoms with Crippen molar-refractivity contribution in [1.82, 2.24) is 5.32 Å². The van der Waals surface area contributed by atoms with Gasteiger partial charge in [0.2, 0.25) is 11.8 Å². The number of aryl methyl sites for hydroxylation is 2. The fourth-order valence-corrected chi connectivity index (χ4v) is 2.27. The molecule has 0 aliphatic rings. The van der Waals surface area contributed by atoms with E-state index < -0.39 is 0 Å². The van der Waals surface area contributed by atoms with Gasteiger partial charge in [0, 0.05) is 19.2 Å². The smallest absolute Gasteiger partial charge is 0.240 e. The Morgan fingerprint density at radius 2 is 1.70 bits per heavy atom. The van der Waals surface area contributed by atoms with Crippen LogP contribution in [0.25, 0.3) is 0 Å². The first-order chi connectivity index (χ1) is 11.0. The van der Waals surface area contributed by atoms with Crippen molar-refractivity contribution < 1.29 is 9.59 Å². The number of hydrogen-bond donors (Lipinski definition) is 1. The summed E-state index contributed by atoms with van der Waals surface area (Å²) in [6.45, 7) is 5.96. The van der Waals surface area contributed by atoms with Crippen LogP contribution in [0.1, 0.15) is 23.6 Å². The van der Waals surface area contributed by atoms with Crippen LogP contribution in [0.2, 0.25) is 0 Å². The monoisotopic (exact) mass is 310 g/mol. The summed E-state index contributed by atoms with van der Waals surface area (Å²) >= 11 is 0. The van der Waals surface area contributed by atoms with E-state index in [1.165, 1.54) is 11.8 Å². The molecule has 120 valence electrons. The lowest BCUT2D eigenvalue weighted by molar-refractivity contribution is -0.123. The van der Waals surface area contributed by atoms with Crippen molar-refractivity contribution in [2.24, 2.45) is 0 Å². The fourth-order valence-electron chi connectivity index (χ4n) is 2.27. The third-order valence-corrected chi connectivity index (χ3v) is 3.82. The van der Waals surface area contributed by atoms with Crippen molar-refractivity contribution in [3.05, 3.63) is 65.2 Å². The first-order valence-corrected chi connectivity index (χ1v) is 7.63. The highest BCUT2D eigenvalue weighted by atomic mass is 16.2. The zero-order chi connectivity index (χ0) is 16.8. The van der Waals surface area contributed by atoms with Crippen molar-refractivity contribution in [3.8, 4) is 0 Å². The molecule has 2 aromatic rings.